The molecule has 1 unspecified atom stereocenters. The number of rotatable bonds is 9. The number of hydrogen-bond acceptors (Lipinski definition) is 2. The highest BCUT2D eigenvalue weighted by Crippen LogP contribution is 2.38. The van der Waals surface area contributed by atoms with Crippen LogP contribution in [0.3, 0.4) is 0 Å². The first kappa shape index (κ1) is 15.0. The molecule has 1 aliphatic rings. The van der Waals surface area contributed by atoms with Crippen molar-refractivity contribution in [3.05, 3.63) is 0 Å². The van der Waals surface area contributed by atoms with E-state index in [2.05, 4.69) is 19.2 Å². The van der Waals surface area contributed by atoms with Crippen LogP contribution in [-0.2, 0) is 4.74 Å². The molecule has 0 radical (unpaired) electrons. The van der Waals surface area contributed by atoms with E-state index >= 15 is 0 Å². The third-order valence-corrected chi connectivity index (χ3v) is 4.14. The Morgan fingerprint density at radius 2 is 2.00 bits per heavy atom. The van der Waals surface area contributed by atoms with Crippen molar-refractivity contribution in [3.63, 3.8) is 0 Å². The Balaban J connectivity index is 2.31. The largest absolute Gasteiger partial charge is 0.383 e. The molecule has 0 bridgehead atoms. The second-order valence-electron chi connectivity index (χ2n) is 6.08. The first-order valence-corrected chi connectivity index (χ1v) is 7.40. The Labute approximate surface area is 108 Å². The van der Waals surface area contributed by atoms with Gasteiger partial charge in [-0.25, -0.2) is 0 Å². The smallest absolute Gasteiger partial charge is 0.0587 e. The van der Waals surface area contributed by atoms with Crippen LogP contribution in [0.25, 0.3) is 0 Å². The molecule has 2 nitrogen and oxygen atoms in total. The van der Waals surface area contributed by atoms with E-state index in [-0.39, 0.29) is 0 Å². The second-order valence-corrected chi connectivity index (χ2v) is 6.08. The van der Waals surface area contributed by atoms with Crippen LogP contribution in [0.15, 0.2) is 0 Å². The lowest BCUT2D eigenvalue weighted by molar-refractivity contribution is 0.178. The van der Waals surface area contributed by atoms with Gasteiger partial charge in [0.15, 0.2) is 0 Å². The zero-order chi connectivity index (χ0) is 12.6. The van der Waals surface area contributed by atoms with Gasteiger partial charge in [0.1, 0.15) is 0 Å². The predicted molar refractivity (Wildman–Crippen MR) is 74.3 cm³/mol. The Hall–Kier alpha value is -0.0800. The Kier molecular flexibility index (Phi) is 7.14. The maximum absolute atomic E-state index is 5.09. The molecule has 1 N–H and O–H groups in total. The standard InChI is InChI=1S/C15H31NO/c1-4-9-15(2,13-16-10-11-17-3)12-14-7-5-6-8-14/h14,16H,4-13H2,1-3H3. The van der Waals surface area contributed by atoms with Crippen molar-refractivity contribution in [2.75, 3.05) is 26.8 Å². The molecular formula is C15H31NO. The van der Waals surface area contributed by atoms with Crippen LogP contribution in [0.5, 0.6) is 0 Å². The fourth-order valence-electron chi connectivity index (χ4n) is 3.34. The molecule has 1 rings (SSSR count). The van der Waals surface area contributed by atoms with Gasteiger partial charge in [-0.3, -0.25) is 0 Å². The van der Waals surface area contributed by atoms with Crippen LogP contribution in [-0.4, -0.2) is 26.8 Å². The topological polar surface area (TPSA) is 21.3 Å². The minimum Gasteiger partial charge on any atom is -0.383 e. The van der Waals surface area contributed by atoms with Gasteiger partial charge in [0.25, 0.3) is 0 Å². The average molecular weight is 241 g/mol. The van der Waals surface area contributed by atoms with E-state index in [0.717, 1.165) is 25.6 Å². The fourth-order valence-corrected chi connectivity index (χ4v) is 3.34. The zero-order valence-corrected chi connectivity index (χ0v) is 12.1. The van der Waals surface area contributed by atoms with Crippen molar-refractivity contribution in [1.29, 1.82) is 0 Å². The molecular weight excluding hydrogens is 210 g/mol. The number of hydrogen-bond donors (Lipinski definition) is 1. The first-order chi connectivity index (χ1) is 8.20. The number of methoxy groups -OCH3 is 1. The van der Waals surface area contributed by atoms with Crippen LogP contribution >= 0.6 is 0 Å². The van der Waals surface area contributed by atoms with Gasteiger partial charge in [-0.15, -0.1) is 0 Å². The van der Waals surface area contributed by atoms with E-state index in [1.807, 2.05) is 0 Å². The zero-order valence-electron chi connectivity index (χ0n) is 12.1. The highest BCUT2D eigenvalue weighted by atomic mass is 16.5. The summed E-state index contributed by atoms with van der Waals surface area (Å²) in [5, 5.41) is 3.56. The van der Waals surface area contributed by atoms with Gasteiger partial charge in [0, 0.05) is 20.2 Å². The number of nitrogens with one attached hydrogen (secondary N) is 1. The first-order valence-electron chi connectivity index (χ1n) is 7.40. The van der Waals surface area contributed by atoms with Crippen molar-refractivity contribution in [2.24, 2.45) is 11.3 Å². The molecule has 1 aliphatic carbocycles. The van der Waals surface area contributed by atoms with Gasteiger partial charge in [-0.1, -0.05) is 46.0 Å². The molecule has 0 aliphatic heterocycles. The average Bonchev–Trinajstić information content (AvgIpc) is 2.77. The maximum atomic E-state index is 5.09. The van der Waals surface area contributed by atoms with Crippen LogP contribution in [0.4, 0.5) is 0 Å². The molecule has 2 heteroatoms. The van der Waals surface area contributed by atoms with Gasteiger partial charge in [-0.05, 0) is 24.2 Å². The molecule has 0 amide bonds. The van der Waals surface area contributed by atoms with Crippen molar-refractivity contribution in [2.45, 2.75) is 58.8 Å². The van der Waals surface area contributed by atoms with Crippen LogP contribution in [0.1, 0.15) is 58.8 Å². The van der Waals surface area contributed by atoms with Gasteiger partial charge < -0.3 is 10.1 Å². The summed E-state index contributed by atoms with van der Waals surface area (Å²) < 4.78 is 5.09. The normalized spacial score (nSPS) is 20.6. The van der Waals surface area contributed by atoms with Crippen molar-refractivity contribution in [1.82, 2.24) is 5.32 Å². The summed E-state index contributed by atoms with van der Waals surface area (Å²) >= 11 is 0. The van der Waals surface area contributed by atoms with Gasteiger partial charge in [0.2, 0.25) is 0 Å². The summed E-state index contributed by atoms with van der Waals surface area (Å²) in [6, 6.07) is 0. The minimum absolute atomic E-state index is 0.498. The van der Waals surface area contributed by atoms with Crippen molar-refractivity contribution >= 4 is 0 Å². The molecule has 0 aromatic heterocycles. The van der Waals surface area contributed by atoms with Crippen molar-refractivity contribution < 1.29 is 4.74 Å². The van der Waals surface area contributed by atoms with Crippen LogP contribution < -0.4 is 5.32 Å². The highest BCUT2D eigenvalue weighted by Gasteiger charge is 2.28. The minimum atomic E-state index is 0.498. The maximum Gasteiger partial charge on any atom is 0.0587 e. The van der Waals surface area contributed by atoms with E-state index in [1.54, 1.807) is 7.11 Å². The van der Waals surface area contributed by atoms with E-state index < -0.39 is 0 Å². The van der Waals surface area contributed by atoms with E-state index in [1.165, 1.54) is 44.9 Å². The lowest BCUT2D eigenvalue weighted by Gasteiger charge is -2.32. The molecule has 0 aromatic carbocycles. The Morgan fingerprint density at radius 3 is 2.59 bits per heavy atom. The van der Waals surface area contributed by atoms with Gasteiger partial charge >= 0.3 is 0 Å². The molecule has 0 spiro atoms. The molecule has 0 heterocycles. The predicted octanol–water partition coefficient (Wildman–Crippen LogP) is 3.61. The van der Waals surface area contributed by atoms with Gasteiger partial charge in [0.05, 0.1) is 6.61 Å². The third-order valence-electron chi connectivity index (χ3n) is 4.14. The summed E-state index contributed by atoms with van der Waals surface area (Å²) in [6.07, 6.45) is 9.93. The summed E-state index contributed by atoms with van der Waals surface area (Å²) in [6.45, 7) is 7.74. The van der Waals surface area contributed by atoms with Gasteiger partial charge in [-0.2, -0.15) is 0 Å². The molecule has 1 fully saturated rings. The molecule has 102 valence electrons. The molecule has 0 aromatic rings. The highest BCUT2D eigenvalue weighted by molar-refractivity contribution is 4.82. The molecule has 1 saturated carbocycles. The summed E-state index contributed by atoms with van der Waals surface area (Å²) in [5.41, 5.74) is 0.498. The number of ether oxygens (including phenoxy) is 1. The molecule has 0 saturated heterocycles. The quantitative estimate of drug-likeness (QED) is 0.623. The summed E-state index contributed by atoms with van der Waals surface area (Å²) in [4.78, 5) is 0. The lowest BCUT2D eigenvalue weighted by atomic mass is 9.77. The Morgan fingerprint density at radius 1 is 1.29 bits per heavy atom. The Bertz CT molecular complexity index is 189. The summed E-state index contributed by atoms with van der Waals surface area (Å²) in [7, 11) is 1.77. The van der Waals surface area contributed by atoms with E-state index in [4.69, 9.17) is 4.74 Å². The molecule has 17 heavy (non-hydrogen) atoms. The monoisotopic (exact) mass is 241 g/mol. The second kappa shape index (κ2) is 8.10. The van der Waals surface area contributed by atoms with Crippen LogP contribution in [0.2, 0.25) is 0 Å². The third kappa shape index (κ3) is 5.87. The molecule has 1 atom stereocenters. The van der Waals surface area contributed by atoms with Crippen molar-refractivity contribution in [3.8, 4) is 0 Å². The van der Waals surface area contributed by atoms with E-state index in [0.29, 0.717) is 5.41 Å². The van der Waals surface area contributed by atoms with E-state index in [9.17, 15) is 0 Å². The van der Waals surface area contributed by atoms with Crippen LogP contribution in [0, 0.1) is 11.3 Å². The lowest BCUT2D eigenvalue weighted by Crippen LogP contribution is -2.35. The fraction of sp³-hybridized carbons (Fsp3) is 1.00. The SMILES string of the molecule is CCCC(C)(CNCCOC)CC1CCCC1. The summed E-state index contributed by atoms with van der Waals surface area (Å²) in [5.74, 6) is 0.996.